The van der Waals surface area contributed by atoms with Crippen LogP contribution in [0, 0.1) is 0 Å². The fourth-order valence-electron chi connectivity index (χ4n) is 10.7. The van der Waals surface area contributed by atoms with Gasteiger partial charge in [0.05, 0.1) is 62.9 Å². The highest BCUT2D eigenvalue weighted by Crippen LogP contribution is 2.34. The molecule has 2 aromatic heterocycles. The molecule has 6 N–H and O–H groups in total. The lowest BCUT2D eigenvalue weighted by molar-refractivity contribution is -0.144. The van der Waals surface area contributed by atoms with Crippen LogP contribution in [0.4, 0.5) is 0 Å². The van der Waals surface area contributed by atoms with Crippen molar-refractivity contribution in [3.8, 4) is 0 Å². The maximum atomic E-state index is 14.3. The van der Waals surface area contributed by atoms with Crippen LogP contribution in [-0.2, 0) is 46.6 Å². The van der Waals surface area contributed by atoms with Gasteiger partial charge in [-0.05, 0) is 90.4 Å². The van der Waals surface area contributed by atoms with Gasteiger partial charge >= 0.3 is 0 Å². The number of carbonyl (C=O) groups excluding carboxylic acids is 6. The van der Waals surface area contributed by atoms with Crippen molar-refractivity contribution in [1.29, 1.82) is 0 Å². The summed E-state index contributed by atoms with van der Waals surface area (Å²) in [5.74, 6) is -1.50. The Morgan fingerprint density at radius 3 is 1.37 bits per heavy atom. The van der Waals surface area contributed by atoms with Crippen LogP contribution in [0.15, 0.2) is 73.1 Å². The molecule has 6 heterocycles. The Kier molecular flexibility index (Phi) is 18.0. The first-order chi connectivity index (χ1) is 35.4. The Balaban J connectivity index is 0.868. The van der Waals surface area contributed by atoms with E-state index >= 15 is 0 Å². The van der Waals surface area contributed by atoms with E-state index in [1.165, 1.54) is 0 Å². The Labute approximate surface area is 426 Å². The number of likely N-dealkylation sites (N-methyl/N-ethyl adjacent to an activating group) is 2. The normalized spacial score (nSPS) is 23.9. The zero-order chi connectivity index (χ0) is 51.4. The molecule has 0 spiro atoms. The molecule has 4 aliphatic heterocycles. The number of fused-ring (bicyclic) bond motifs is 2. The Morgan fingerprint density at radius 2 is 0.973 bits per heavy atom. The summed E-state index contributed by atoms with van der Waals surface area (Å²) in [6.07, 6.45) is 12.1. The second-order valence-electron chi connectivity index (χ2n) is 19.8. The number of rotatable bonds is 20. The average molecular weight is 1010 g/mol. The molecule has 0 unspecified atom stereocenters. The zero-order valence-corrected chi connectivity index (χ0v) is 42.5. The first-order valence-corrected chi connectivity index (χ1v) is 26.1. The Morgan fingerprint density at radius 1 is 0.575 bits per heavy atom. The highest BCUT2D eigenvalue weighted by Gasteiger charge is 2.46. The minimum absolute atomic E-state index is 0.0788. The first kappa shape index (κ1) is 52.7. The van der Waals surface area contributed by atoms with E-state index in [-0.39, 0.29) is 47.5 Å². The number of benzene rings is 2. The van der Waals surface area contributed by atoms with Crippen molar-refractivity contribution >= 4 is 35.4 Å². The summed E-state index contributed by atoms with van der Waals surface area (Å²) >= 11 is 0. The molecule has 0 radical (unpaired) electrons. The van der Waals surface area contributed by atoms with E-state index in [0.29, 0.717) is 76.2 Å². The Bertz CT molecular complexity index is 2340. The van der Waals surface area contributed by atoms with Crippen molar-refractivity contribution in [3.05, 3.63) is 95.6 Å². The number of aromatic nitrogens is 6. The molecule has 10 atom stereocenters. The highest BCUT2D eigenvalue weighted by molar-refractivity contribution is 5.95. The van der Waals surface area contributed by atoms with Crippen LogP contribution in [-0.4, -0.2) is 151 Å². The molecule has 4 aromatic rings. The number of nitrogens with zero attached hydrogens (tertiary/aromatic N) is 8. The Hall–Kier alpha value is -6.58. The van der Waals surface area contributed by atoms with Crippen LogP contribution in [0.2, 0.25) is 0 Å². The molecule has 8 rings (SSSR count). The minimum Gasteiger partial charge on any atom is -0.378 e. The average Bonchev–Trinajstić information content (AvgIpc) is 4.25. The van der Waals surface area contributed by atoms with Crippen LogP contribution in [0.3, 0.4) is 0 Å². The van der Waals surface area contributed by atoms with Crippen molar-refractivity contribution in [2.24, 2.45) is 0 Å². The van der Waals surface area contributed by atoms with E-state index < -0.39 is 48.3 Å². The quantitative estimate of drug-likeness (QED) is 0.0695. The van der Waals surface area contributed by atoms with Crippen molar-refractivity contribution in [2.75, 3.05) is 27.3 Å². The molecular weight excluding hydrogens is 933 g/mol. The van der Waals surface area contributed by atoms with Gasteiger partial charge in [0.2, 0.25) is 35.4 Å². The molecular formula is C52H72N14O7. The topological polar surface area (TPSA) is 252 Å². The summed E-state index contributed by atoms with van der Waals surface area (Å²) in [5.41, 5.74) is 2.68. The second kappa shape index (κ2) is 24.9. The molecule has 21 heteroatoms. The van der Waals surface area contributed by atoms with Gasteiger partial charge in [-0.1, -0.05) is 96.8 Å². The van der Waals surface area contributed by atoms with E-state index in [9.17, 15) is 28.8 Å². The lowest BCUT2D eigenvalue weighted by atomic mass is 9.98. The van der Waals surface area contributed by atoms with Crippen molar-refractivity contribution < 1.29 is 33.5 Å². The SMILES string of the molecule is CN[C@@H](C)C(=O)N[C@H]1CCCC[C@H]2CC[C@@H](C(=O)N[C@H](c3ccccc3)c3cn(CCOCCn4cc([C@@H](NC(=O)[C@@H]5CC[C@@H]6CCCC[C@H](NC(=O)[C@H](C)NC)C(=O)N65)c5ccccc5)nn4)nn3)N2C1=O. The lowest BCUT2D eigenvalue weighted by Crippen LogP contribution is -2.58. The number of nitrogens with one attached hydrogen (secondary N) is 6. The maximum Gasteiger partial charge on any atom is 0.246 e. The van der Waals surface area contributed by atoms with Crippen LogP contribution in [0.5, 0.6) is 0 Å². The molecule has 392 valence electrons. The van der Waals surface area contributed by atoms with Gasteiger partial charge in [0.25, 0.3) is 0 Å². The summed E-state index contributed by atoms with van der Waals surface area (Å²) in [6, 6.07) is 13.9. The largest absolute Gasteiger partial charge is 0.378 e. The van der Waals surface area contributed by atoms with Gasteiger partial charge in [0.1, 0.15) is 35.6 Å². The monoisotopic (exact) mass is 1000 g/mol. The van der Waals surface area contributed by atoms with Crippen LogP contribution in [0.1, 0.15) is 125 Å². The van der Waals surface area contributed by atoms with Crippen LogP contribution >= 0.6 is 0 Å². The summed E-state index contributed by atoms with van der Waals surface area (Å²) in [7, 11) is 3.40. The van der Waals surface area contributed by atoms with Gasteiger partial charge in [-0.2, -0.15) is 0 Å². The third kappa shape index (κ3) is 12.8. The molecule has 2 aromatic carbocycles. The third-order valence-electron chi connectivity index (χ3n) is 15.0. The summed E-state index contributed by atoms with van der Waals surface area (Å²) in [5, 5.41) is 35.8. The fourth-order valence-corrected chi connectivity index (χ4v) is 10.7. The molecule has 21 nitrogen and oxygen atoms in total. The lowest BCUT2D eigenvalue weighted by Gasteiger charge is -2.36. The predicted octanol–water partition coefficient (Wildman–Crippen LogP) is 2.05. The number of amides is 6. The highest BCUT2D eigenvalue weighted by atomic mass is 16.5. The molecule has 0 bridgehead atoms. The minimum atomic E-state index is -0.702. The van der Waals surface area contributed by atoms with Gasteiger partial charge in [-0.3, -0.25) is 28.8 Å². The molecule has 6 amide bonds. The van der Waals surface area contributed by atoms with Crippen LogP contribution < -0.4 is 31.9 Å². The van der Waals surface area contributed by atoms with Crippen molar-refractivity contribution in [1.82, 2.24) is 71.7 Å². The zero-order valence-electron chi connectivity index (χ0n) is 42.5. The van der Waals surface area contributed by atoms with Crippen molar-refractivity contribution in [3.63, 3.8) is 0 Å². The molecule has 4 aliphatic rings. The van der Waals surface area contributed by atoms with E-state index in [1.807, 2.05) is 60.7 Å². The maximum absolute atomic E-state index is 14.3. The summed E-state index contributed by atoms with van der Waals surface area (Å²) in [6.45, 7) is 4.85. The summed E-state index contributed by atoms with van der Waals surface area (Å²) in [4.78, 5) is 85.9. The molecule has 4 saturated heterocycles. The molecule has 0 saturated carbocycles. The summed E-state index contributed by atoms with van der Waals surface area (Å²) < 4.78 is 9.36. The smallest absolute Gasteiger partial charge is 0.246 e. The number of ether oxygens (including phenoxy) is 1. The van der Waals surface area contributed by atoms with Gasteiger partial charge in [0.15, 0.2) is 0 Å². The van der Waals surface area contributed by atoms with E-state index in [4.69, 9.17) is 4.74 Å². The van der Waals surface area contributed by atoms with Gasteiger partial charge < -0.3 is 46.4 Å². The van der Waals surface area contributed by atoms with E-state index in [0.717, 1.165) is 49.7 Å². The molecule has 0 aliphatic carbocycles. The third-order valence-corrected chi connectivity index (χ3v) is 15.0. The van der Waals surface area contributed by atoms with Gasteiger partial charge in [-0.25, -0.2) is 9.36 Å². The number of hydrogen-bond donors (Lipinski definition) is 6. The molecule has 4 fully saturated rings. The first-order valence-electron chi connectivity index (χ1n) is 26.1. The molecule has 73 heavy (non-hydrogen) atoms. The predicted molar refractivity (Wildman–Crippen MR) is 269 cm³/mol. The van der Waals surface area contributed by atoms with E-state index in [2.05, 4.69) is 52.5 Å². The van der Waals surface area contributed by atoms with E-state index in [1.54, 1.807) is 59.5 Å². The van der Waals surface area contributed by atoms with Gasteiger partial charge in [0, 0.05) is 12.1 Å². The van der Waals surface area contributed by atoms with Gasteiger partial charge in [-0.15, -0.1) is 10.2 Å². The van der Waals surface area contributed by atoms with Crippen LogP contribution in [0.25, 0.3) is 0 Å². The second-order valence-corrected chi connectivity index (χ2v) is 19.8. The standard InChI is InChI=1S/C52H72N14O7/c1-33(53-3)47(67)55-39-21-13-11-19-37-23-25-43(65(37)51(39)71)49(69)57-45(35-15-7-5-8-16-35)41-31-63(61-59-41)27-29-73-30-28-64-32-42(60-62-64)46(36-17-9-6-10-18-36)58-50(70)44-26-24-38-20-12-14-22-40(52(72)66(38)44)56-48(68)34(2)54-4/h5-10,15-18,31-34,37-40,43-46,53-54H,11-14,19-30H2,1-4H3,(H,55,67)(H,56,68)(H,57,69)(H,58,70)/t33-,34-,37-,38-,39-,40-,43-,44-,45-,46+/m0/s1. The van der Waals surface area contributed by atoms with Crippen molar-refractivity contribution in [2.45, 2.75) is 164 Å². The number of carbonyl (C=O) groups is 6. The number of hydrogen-bond acceptors (Lipinski definition) is 13. The fraction of sp³-hybridized carbons (Fsp3) is 0.577.